The maximum atomic E-state index is 12.8. The Hall–Kier alpha value is -2.28. The van der Waals surface area contributed by atoms with Crippen LogP contribution in [-0.4, -0.2) is 57.0 Å². The quantitative estimate of drug-likeness (QED) is 0.838. The van der Waals surface area contributed by atoms with Gasteiger partial charge in [0.2, 0.25) is 17.6 Å². The Labute approximate surface area is 153 Å². The molecule has 2 aliphatic rings. The van der Waals surface area contributed by atoms with Crippen LogP contribution in [0.3, 0.4) is 0 Å². The van der Waals surface area contributed by atoms with Crippen molar-refractivity contribution in [2.45, 2.75) is 38.6 Å². The van der Waals surface area contributed by atoms with Gasteiger partial charge in [-0.15, -0.1) is 0 Å². The van der Waals surface area contributed by atoms with Gasteiger partial charge >= 0.3 is 0 Å². The van der Waals surface area contributed by atoms with E-state index in [4.69, 9.17) is 4.52 Å². The molecule has 2 saturated heterocycles. The van der Waals surface area contributed by atoms with Gasteiger partial charge in [0.1, 0.15) is 0 Å². The largest absolute Gasteiger partial charge is 0.342 e. The van der Waals surface area contributed by atoms with Crippen molar-refractivity contribution in [2.24, 2.45) is 5.92 Å². The van der Waals surface area contributed by atoms with Crippen molar-refractivity contribution >= 4 is 5.91 Å². The Morgan fingerprint density at radius 1 is 1.19 bits per heavy atom. The fourth-order valence-corrected chi connectivity index (χ4v) is 3.90. The first-order valence-corrected chi connectivity index (χ1v) is 9.54. The molecular weight excluding hydrogens is 330 g/mol. The summed E-state index contributed by atoms with van der Waals surface area (Å²) < 4.78 is 5.41. The minimum absolute atomic E-state index is 0.0996. The van der Waals surface area contributed by atoms with Crippen molar-refractivity contribution in [3.8, 4) is 11.4 Å². The summed E-state index contributed by atoms with van der Waals surface area (Å²) in [4.78, 5) is 25.7. The molecule has 2 fully saturated rings. The van der Waals surface area contributed by atoms with Gasteiger partial charge in [0.15, 0.2) is 0 Å². The van der Waals surface area contributed by atoms with Crippen LogP contribution in [0.1, 0.15) is 38.0 Å². The highest BCUT2D eigenvalue weighted by molar-refractivity contribution is 5.79. The summed E-state index contributed by atoms with van der Waals surface area (Å²) in [7, 11) is 0. The highest BCUT2D eigenvalue weighted by Gasteiger charge is 2.30. The standard InChI is InChI=1S/C19H25N5O2/c25-19(24-10-2-1-3-11-24)16-7-5-9-23(13-16)14-17-21-18(22-26-17)15-6-4-8-20-12-15/h4,6,8,12,16H,1-3,5,7,9-11,13-14H2. The molecule has 0 spiro atoms. The van der Waals surface area contributed by atoms with E-state index in [9.17, 15) is 4.79 Å². The number of pyridine rings is 1. The molecule has 2 aromatic rings. The number of likely N-dealkylation sites (tertiary alicyclic amines) is 2. The molecule has 138 valence electrons. The molecule has 0 bridgehead atoms. The summed E-state index contributed by atoms with van der Waals surface area (Å²) in [5, 5.41) is 4.05. The molecule has 1 amide bonds. The van der Waals surface area contributed by atoms with Gasteiger partial charge in [-0.3, -0.25) is 14.7 Å². The van der Waals surface area contributed by atoms with E-state index in [1.165, 1.54) is 6.42 Å². The molecule has 7 heteroatoms. The lowest BCUT2D eigenvalue weighted by atomic mass is 9.95. The highest BCUT2D eigenvalue weighted by atomic mass is 16.5. The summed E-state index contributed by atoms with van der Waals surface area (Å²) in [5.74, 6) is 1.58. The van der Waals surface area contributed by atoms with Gasteiger partial charge in [0.05, 0.1) is 12.5 Å². The fraction of sp³-hybridized carbons (Fsp3) is 0.579. The number of hydrogen-bond acceptors (Lipinski definition) is 6. The molecule has 4 heterocycles. The number of nitrogens with zero attached hydrogens (tertiary/aromatic N) is 5. The highest BCUT2D eigenvalue weighted by Crippen LogP contribution is 2.23. The van der Waals surface area contributed by atoms with Crippen LogP contribution in [0, 0.1) is 5.92 Å². The minimum Gasteiger partial charge on any atom is -0.342 e. The third-order valence-corrected chi connectivity index (χ3v) is 5.27. The molecule has 0 N–H and O–H groups in total. The normalized spacial score (nSPS) is 21.7. The van der Waals surface area contributed by atoms with Crippen molar-refractivity contribution in [2.75, 3.05) is 26.2 Å². The van der Waals surface area contributed by atoms with E-state index >= 15 is 0 Å². The topological polar surface area (TPSA) is 75.4 Å². The molecule has 0 aliphatic carbocycles. The number of rotatable bonds is 4. The van der Waals surface area contributed by atoms with Crippen LogP contribution in [0.2, 0.25) is 0 Å². The molecule has 2 aromatic heterocycles. The van der Waals surface area contributed by atoms with Crippen LogP contribution in [0.25, 0.3) is 11.4 Å². The van der Waals surface area contributed by atoms with Crippen LogP contribution in [0.5, 0.6) is 0 Å². The maximum absolute atomic E-state index is 12.8. The molecule has 0 aromatic carbocycles. The predicted octanol–water partition coefficient (Wildman–Crippen LogP) is 2.36. The average Bonchev–Trinajstić information content (AvgIpc) is 3.17. The number of piperidine rings is 2. The predicted molar refractivity (Wildman–Crippen MR) is 96.0 cm³/mol. The second-order valence-corrected chi connectivity index (χ2v) is 7.21. The van der Waals surface area contributed by atoms with E-state index in [1.54, 1.807) is 12.4 Å². The zero-order valence-corrected chi connectivity index (χ0v) is 15.0. The number of hydrogen-bond donors (Lipinski definition) is 0. The van der Waals surface area contributed by atoms with Gasteiger partial charge < -0.3 is 9.42 Å². The van der Waals surface area contributed by atoms with Crippen LogP contribution in [0.15, 0.2) is 29.0 Å². The fourth-order valence-electron chi connectivity index (χ4n) is 3.90. The second-order valence-electron chi connectivity index (χ2n) is 7.21. The Kier molecular flexibility index (Phi) is 5.24. The lowest BCUT2D eigenvalue weighted by Gasteiger charge is -2.35. The first kappa shape index (κ1) is 17.1. The summed E-state index contributed by atoms with van der Waals surface area (Å²) in [6.07, 6.45) is 8.99. The maximum Gasteiger partial charge on any atom is 0.241 e. The van der Waals surface area contributed by atoms with Gasteiger partial charge in [0, 0.05) is 37.6 Å². The molecule has 7 nitrogen and oxygen atoms in total. The summed E-state index contributed by atoms with van der Waals surface area (Å²) in [5.41, 5.74) is 0.847. The Morgan fingerprint density at radius 3 is 2.88 bits per heavy atom. The van der Waals surface area contributed by atoms with E-state index in [0.29, 0.717) is 24.2 Å². The summed E-state index contributed by atoms with van der Waals surface area (Å²) in [6, 6.07) is 3.77. The number of aromatic nitrogens is 3. The van der Waals surface area contributed by atoms with Crippen LogP contribution in [0.4, 0.5) is 0 Å². The molecule has 0 saturated carbocycles. The van der Waals surface area contributed by atoms with Gasteiger partial charge in [-0.2, -0.15) is 4.98 Å². The Morgan fingerprint density at radius 2 is 2.08 bits per heavy atom. The van der Waals surface area contributed by atoms with Crippen molar-refractivity contribution in [3.05, 3.63) is 30.4 Å². The van der Waals surface area contributed by atoms with E-state index < -0.39 is 0 Å². The third-order valence-electron chi connectivity index (χ3n) is 5.27. The number of carbonyl (C=O) groups is 1. The smallest absolute Gasteiger partial charge is 0.241 e. The van der Waals surface area contributed by atoms with Crippen LogP contribution < -0.4 is 0 Å². The lowest BCUT2D eigenvalue weighted by molar-refractivity contribution is -0.138. The van der Waals surface area contributed by atoms with Crippen molar-refractivity contribution < 1.29 is 9.32 Å². The van der Waals surface area contributed by atoms with Gasteiger partial charge in [-0.25, -0.2) is 0 Å². The second kappa shape index (κ2) is 7.95. The molecule has 2 aliphatic heterocycles. The number of carbonyl (C=O) groups excluding carboxylic acids is 1. The van der Waals surface area contributed by atoms with Crippen LogP contribution >= 0.6 is 0 Å². The SMILES string of the molecule is O=C(C1CCCN(Cc2nc(-c3cccnc3)no2)C1)N1CCCCC1. The van der Waals surface area contributed by atoms with E-state index in [2.05, 4.69) is 24.9 Å². The van der Waals surface area contributed by atoms with Gasteiger partial charge in [-0.1, -0.05) is 5.16 Å². The average molecular weight is 355 g/mol. The van der Waals surface area contributed by atoms with Crippen molar-refractivity contribution in [3.63, 3.8) is 0 Å². The Balaban J connectivity index is 1.36. The van der Waals surface area contributed by atoms with Gasteiger partial charge in [-0.05, 0) is 50.8 Å². The molecular formula is C19H25N5O2. The van der Waals surface area contributed by atoms with E-state index in [-0.39, 0.29) is 5.92 Å². The van der Waals surface area contributed by atoms with E-state index in [1.807, 2.05) is 12.1 Å². The lowest BCUT2D eigenvalue weighted by Crippen LogP contribution is -2.46. The monoisotopic (exact) mass is 355 g/mol. The minimum atomic E-state index is 0.0996. The zero-order chi connectivity index (χ0) is 17.8. The van der Waals surface area contributed by atoms with Crippen molar-refractivity contribution in [1.29, 1.82) is 0 Å². The molecule has 1 atom stereocenters. The third kappa shape index (κ3) is 3.93. The molecule has 1 unspecified atom stereocenters. The Bertz CT molecular complexity index is 727. The molecule has 26 heavy (non-hydrogen) atoms. The first-order chi connectivity index (χ1) is 12.8. The zero-order valence-electron chi connectivity index (χ0n) is 15.0. The van der Waals surface area contributed by atoms with Crippen LogP contribution in [-0.2, 0) is 11.3 Å². The molecule has 0 radical (unpaired) electrons. The summed E-state index contributed by atoms with van der Waals surface area (Å²) in [6.45, 7) is 4.19. The number of amides is 1. The van der Waals surface area contributed by atoms with Gasteiger partial charge in [0.25, 0.3) is 0 Å². The first-order valence-electron chi connectivity index (χ1n) is 9.54. The van der Waals surface area contributed by atoms with E-state index in [0.717, 1.165) is 57.4 Å². The molecule has 4 rings (SSSR count). The summed E-state index contributed by atoms with van der Waals surface area (Å²) >= 11 is 0. The van der Waals surface area contributed by atoms with Crippen molar-refractivity contribution in [1.82, 2.24) is 24.9 Å².